The van der Waals surface area contributed by atoms with Crippen molar-refractivity contribution >= 4 is 23.1 Å². The SMILES string of the molecule is NC(=S)CNC(=O)c1ccccc1F. The van der Waals surface area contributed by atoms with Crippen LogP contribution in [0.4, 0.5) is 4.39 Å². The topological polar surface area (TPSA) is 55.1 Å². The molecule has 5 heteroatoms. The van der Waals surface area contributed by atoms with E-state index in [-0.39, 0.29) is 17.1 Å². The highest BCUT2D eigenvalue weighted by molar-refractivity contribution is 7.80. The van der Waals surface area contributed by atoms with Crippen LogP contribution in [0.5, 0.6) is 0 Å². The Morgan fingerprint density at radius 3 is 2.71 bits per heavy atom. The quantitative estimate of drug-likeness (QED) is 0.730. The summed E-state index contributed by atoms with van der Waals surface area (Å²) in [7, 11) is 0. The molecule has 3 nitrogen and oxygen atoms in total. The summed E-state index contributed by atoms with van der Waals surface area (Å²) in [6, 6.07) is 5.71. The Labute approximate surface area is 86.1 Å². The molecule has 0 aromatic heterocycles. The maximum Gasteiger partial charge on any atom is 0.254 e. The summed E-state index contributed by atoms with van der Waals surface area (Å²) in [4.78, 5) is 11.5. The number of nitrogens with two attached hydrogens (primary N) is 1. The zero-order chi connectivity index (χ0) is 10.6. The summed E-state index contributed by atoms with van der Waals surface area (Å²) in [5.41, 5.74) is 5.17. The van der Waals surface area contributed by atoms with Crippen molar-refractivity contribution in [3.05, 3.63) is 35.6 Å². The lowest BCUT2D eigenvalue weighted by molar-refractivity contribution is 0.0955. The van der Waals surface area contributed by atoms with Gasteiger partial charge in [0.25, 0.3) is 5.91 Å². The summed E-state index contributed by atoms with van der Waals surface area (Å²) in [6.45, 7) is 0.0719. The molecule has 1 amide bonds. The number of halogens is 1. The smallest absolute Gasteiger partial charge is 0.254 e. The predicted octanol–water partition coefficient (Wildman–Crippen LogP) is 0.842. The first-order valence-corrected chi connectivity index (χ1v) is 4.33. The zero-order valence-electron chi connectivity index (χ0n) is 7.29. The van der Waals surface area contributed by atoms with Crippen molar-refractivity contribution in [2.24, 2.45) is 5.73 Å². The molecule has 74 valence electrons. The van der Waals surface area contributed by atoms with E-state index in [1.54, 1.807) is 6.07 Å². The number of hydrogen-bond acceptors (Lipinski definition) is 2. The molecule has 1 rings (SSSR count). The Bertz CT molecular complexity index is 368. The standard InChI is InChI=1S/C9H9FN2OS/c10-7-4-2-1-3-6(7)9(13)12-5-8(11)14/h1-4H,5H2,(H2,11,14)(H,12,13). The Kier molecular flexibility index (Phi) is 3.53. The normalized spacial score (nSPS) is 9.50. The highest BCUT2D eigenvalue weighted by Crippen LogP contribution is 2.05. The lowest BCUT2D eigenvalue weighted by Crippen LogP contribution is -2.32. The van der Waals surface area contributed by atoms with Crippen molar-refractivity contribution in [2.45, 2.75) is 0 Å². The van der Waals surface area contributed by atoms with Crippen LogP contribution in [-0.4, -0.2) is 17.4 Å². The van der Waals surface area contributed by atoms with Crippen LogP contribution in [0.2, 0.25) is 0 Å². The van der Waals surface area contributed by atoms with E-state index in [4.69, 9.17) is 5.73 Å². The second-order valence-corrected chi connectivity index (χ2v) is 3.15. The Balaban J connectivity index is 2.70. The van der Waals surface area contributed by atoms with E-state index in [9.17, 15) is 9.18 Å². The minimum absolute atomic E-state index is 0.0104. The fraction of sp³-hybridized carbons (Fsp3) is 0.111. The van der Waals surface area contributed by atoms with Crippen molar-refractivity contribution in [1.82, 2.24) is 5.32 Å². The van der Waals surface area contributed by atoms with Gasteiger partial charge >= 0.3 is 0 Å². The van der Waals surface area contributed by atoms with Gasteiger partial charge in [0.2, 0.25) is 0 Å². The molecular weight excluding hydrogens is 203 g/mol. The first-order valence-electron chi connectivity index (χ1n) is 3.92. The highest BCUT2D eigenvalue weighted by Gasteiger charge is 2.09. The van der Waals surface area contributed by atoms with Gasteiger partial charge in [0.1, 0.15) is 5.82 Å². The van der Waals surface area contributed by atoms with Gasteiger partial charge in [0, 0.05) is 0 Å². The third-order valence-corrected chi connectivity index (χ3v) is 1.69. The number of hydrogen-bond donors (Lipinski definition) is 2. The van der Waals surface area contributed by atoms with Gasteiger partial charge in [0.15, 0.2) is 0 Å². The van der Waals surface area contributed by atoms with Gasteiger partial charge in [0.05, 0.1) is 17.1 Å². The average Bonchev–Trinajstić information content (AvgIpc) is 2.15. The van der Waals surface area contributed by atoms with Crippen LogP contribution in [0.1, 0.15) is 10.4 Å². The zero-order valence-corrected chi connectivity index (χ0v) is 8.10. The molecule has 0 bridgehead atoms. The molecule has 1 aromatic rings. The lowest BCUT2D eigenvalue weighted by Gasteiger charge is -2.04. The minimum Gasteiger partial charge on any atom is -0.392 e. The Morgan fingerprint density at radius 2 is 2.14 bits per heavy atom. The van der Waals surface area contributed by atoms with E-state index in [0.29, 0.717) is 0 Å². The van der Waals surface area contributed by atoms with Crippen molar-refractivity contribution in [3.63, 3.8) is 0 Å². The Morgan fingerprint density at radius 1 is 1.50 bits per heavy atom. The van der Waals surface area contributed by atoms with Gasteiger partial charge in [-0.05, 0) is 12.1 Å². The van der Waals surface area contributed by atoms with Crippen LogP contribution in [0.25, 0.3) is 0 Å². The third-order valence-electron chi connectivity index (χ3n) is 1.54. The van der Waals surface area contributed by atoms with Crippen molar-refractivity contribution in [2.75, 3.05) is 6.54 Å². The van der Waals surface area contributed by atoms with Gasteiger partial charge in [-0.3, -0.25) is 4.79 Å². The largest absolute Gasteiger partial charge is 0.392 e. The van der Waals surface area contributed by atoms with Crippen molar-refractivity contribution < 1.29 is 9.18 Å². The number of nitrogens with one attached hydrogen (secondary N) is 1. The van der Waals surface area contributed by atoms with Crippen LogP contribution in [0, 0.1) is 5.82 Å². The molecule has 0 spiro atoms. The van der Waals surface area contributed by atoms with Crippen LogP contribution in [0.15, 0.2) is 24.3 Å². The maximum atomic E-state index is 13.0. The van der Waals surface area contributed by atoms with Gasteiger partial charge in [-0.2, -0.15) is 0 Å². The maximum absolute atomic E-state index is 13.0. The lowest BCUT2D eigenvalue weighted by atomic mass is 10.2. The number of carbonyl (C=O) groups is 1. The highest BCUT2D eigenvalue weighted by atomic mass is 32.1. The molecule has 14 heavy (non-hydrogen) atoms. The van der Waals surface area contributed by atoms with Gasteiger partial charge in [-0.15, -0.1) is 0 Å². The summed E-state index contributed by atoms with van der Waals surface area (Å²) in [5, 5.41) is 2.39. The molecule has 0 radical (unpaired) electrons. The molecule has 0 saturated carbocycles. The van der Waals surface area contributed by atoms with Crippen LogP contribution >= 0.6 is 12.2 Å². The molecule has 3 N–H and O–H groups in total. The molecule has 0 aliphatic carbocycles. The minimum atomic E-state index is -0.562. The van der Waals surface area contributed by atoms with Crippen molar-refractivity contribution in [1.29, 1.82) is 0 Å². The van der Waals surface area contributed by atoms with Crippen LogP contribution in [-0.2, 0) is 0 Å². The van der Waals surface area contributed by atoms with E-state index in [2.05, 4.69) is 17.5 Å². The van der Waals surface area contributed by atoms with Crippen molar-refractivity contribution in [3.8, 4) is 0 Å². The molecule has 0 atom stereocenters. The molecule has 1 aromatic carbocycles. The van der Waals surface area contributed by atoms with E-state index >= 15 is 0 Å². The summed E-state index contributed by atoms with van der Waals surface area (Å²) in [5.74, 6) is -1.08. The molecule has 0 saturated heterocycles. The first kappa shape index (κ1) is 10.6. The Hall–Kier alpha value is -1.49. The number of carbonyl (C=O) groups excluding carboxylic acids is 1. The van der Waals surface area contributed by atoms with E-state index in [1.165, 1.54) is 18.2 Å². The molecule has 0 fully saturated rings. The number of amides is 1. The fourth-order valence-corrected chi connectivity index (χ4v) is 0.980. The predicted molar refractivity (Wildman–Crippen MR) is 55.5 cm³/mol. The summed E-state index contributed by atoms with van der Waals surface area (Å²) in [6.07, 6.45) is 0. The fourth-order valence-electron chi connectivity index (χ4n) is 0.908. The third kappa shape index (κ3) is 2.77. The van der Waals surface area contributed by atoms with E-state index in [0.717, 1.165) is 0 Å². The second kappa shape index (κ2) is 4.66. The number of benzene rings is 1. The number of rotatable bonds is 3. The first-order chi connectivity index (χ1) is 6.61. The molecule has 0 aliphatic heterocycles. The van der Waals surface area contributed by atoms with E-state index < -0.39 is 11.7 Å². The summed E-state index contributed by atoms with van der Waals surface area (Å²) >= 11 is 4.57. The molecular formula is C9H9FN2OS. The average molecular weight is 212 g/mol. The molecule has 0 heterocycles. The van der Waals surface area contributed by atoms with Gasteiger partial charge in [-0.25, -0.2) is 4.39 Å². The van der Waals surface area contributed by atoms with E-state index in [1.807, 2.05) is 0 Å². The molecule has 0 aliphatic rings. The summed E-state index contributed by atoms with van der Waals surface area (Å²) < 4.78 is 13.0. The van der Waals surface area contributed by atoms with Crippen LogP contribution in [0.3, 0.4) is 0 Å². The van der Waals surface area contributed by atoms with Gasteiger partial charge < -0.3 is 11.1 Å². The number of thiocarbonyl (C=S) groups is 1. The second-order valence-electron chi connectivity index (χ2n) is 2.63. The van der Waals surface area contributed by atoms with Gasteiger partial charge in [-0.1, -0.05) is 24.4 Å². The monoisotopic (exact) mass is 212 g/mol. The molecule has 0 unspecified atom stereocenters. The van der Waals surface area contributed by atoms with Crippen LogP contribution < -0.4 is 11.1 Å².